The first-order chi connectivity index (χ1) is 7.58. The van der Waals surface area contributed by atoms with E-state index in [-0.39, 0.29) is 17.5 Å². The van der Waals surface area contributed by atoms with E-state index >= 15 is 0 Å². The summed E-state index contributed by atoms with van der Waals surface area (Å²) in [5, 5.41) is 13.5. The van der Waals surface area contributed by atoms with Crippen molar-refractivity contribution in [2.45, 2.75) is 12.3 Å². The molecule has 1 fully saturated rings. The van der Waals surface area contributed by atoms with E-state index in [4.69, 9.17) is 5.73 Å². The van der Waals surface area contributed by atoms with Gasteiger partial charge in [-0.2, -0.15) is 0 Å². The second-order valence-corrected chi connectivity index (χ2v) is 3.78. The molecule has 1 saturated heterocycles. The Hall–Kier alpha value is -2.11. The van der Waals surface area contributed by atoms with Crippen molar-refractivity contribution in [3.05, 3.63) is 33.9 Å². The Kier molecular flexibility index (Phi) is 2.47. The molecule has 0 bridgehead atoms. The summed E-state index contributed by atoms with van der Waals surface area (Å²) in [6, 6.07) is 4.57. The molecule has 0 saturated carbocycles. The molecule has 1 amide bonds. The molecule has 1 atom stereocenters. The normalized spacial score (nSPS) is 19.5. The van der Waals surface area contributed by atoms with Gasteiger partial charge in [-0.3, -0.25) is 14.9 Å². The Morgan fingerprint density at radius 2 is 2.25 bits per heavy atom. The maximum absolute atomic E-state index is 11.1. The van der Waals surface area contributed by atoms with Crippen LogP contribution in [-0.2, 0) is 4.79 Å². The molecular weight excluding hydrogens is 210 g/mol. The number of nitro benzene ring substituents is 1. The first-order valence-electron chi connectivity index (χ1n) is 4.88. The molecular formula is C10H11N3O3. The van der Waals surface area contributed by atoms with Gasteiger partial charge in [-0.05, 0) is 12.1 Å². The summed E-state index contributed by atoms with van der Waals surface area (Å²) in [7, 11) is 0. The second kappa shape index (κ2) is 3.80. The predicted molar refractivity (Wildman–Crippen MR) is 57.9 cm³/mol. The van der Waals surface area contributed by atoms with Crippen LogP contribution in [0.5, 0.6) is 0 Å². The summed E-state index contributed by atoms with van der Waals surface area (Å²) in [5.74, 6) is -0.204. The maximum atomic E-state index is 11.1. The molecule has 1 heterocycles. The quantitative estimate of drug-likeness (QED) is 0.438. The lowest BCUT2D eigenvalue weighted by Gasteiger charge is -2.08. The number of carbonyl (C=O) groups excluding carboxylic acids is 1. The minimum atomic E-state index is -0.464. The molecule has 84 valence electrons. The van der Waals surface area contributed by atoms with Crippen molar-refractivity contribution in [2.75, 3.05) is 12.3 Å². The molecule has 0 unspecified atom stereocenters. The standard InChI is InChI=1S/C10H11N3O3/c11-7-1-2-8(9(4-7)13(15)16)6-3-10(14)12-5-6/h1-2,4,6H,3,5,11H2,(H,12,14)/t6-/m0/s1. The van der Waals surface area contributed by atoms with Gasteiger partial charge in [0.15, 0.2) is 0 Å². The van der Waals surface area contributed by atoms with Crippen LogP contribution in [0.3, 0.4) is 0 Å². The Labute approximate surface area is 91.6 Å². The first kappa shape index (κ1) is 10.4. The number of hydrogen-bond donors (Lipinski definition) is 2. The highest BCUT2D eigenvalue weighted by Gasteiger charge is 2.28. The van der Waals surface area contributed by atoms with Gasteiger partial charge in [-0.25, -0.2) is 0 Å². The van der Waals surface area contributed by atoms with Crippen molar-refractivity contribution < 1.29 is 9.72 Å². The number of hydrogen-bond acceptors (Lipinski definition) is 4. The number of benzene rings is 1. The average Bonchev–Trinajstić information content (AvgIpc) is 2.64. The number of nitrogen functional groups attached to an aromatic ring is 1. The zero-order valence-corrected chi connectivity index (χ0v) is 8.47. The zero-order chi connectivity index (χ0) is 11.7. The molecule has 6 nitrogen and oxygen atoms in total. The van der Waals surface area contributed by atoms with Gasteiger partial charge >= 0.3 is 0 Å². The van der Waals surface area contributed by atoms with E-state index in [0.29, 0.717) is 24.2 Å². The van der Waals surface area contributed by atoms with Crippen LogP contribution < -0.4 is 11.1 Å². The topological polar surface area (TPSA) is 98.3 Å². The van der Waals surface area contributed by atoms with E-state index in [1.54, 1.807) is 12.1 Å². The SMILES string of the molecule is Nc1ccc([C@@H]2CNC(=O)C2)c([N+](=O)[O-])c1. The molecule has 1 aromatic rings. The first-order valence-corrected chi connectivity index (χ1v) is 4.88. The monoisotopic (exact) mass is 221 g/mol. The molecule has 3 N–H and O–H groups in total. The van der Waals surface area contributed by atoms with Crippen molar-refractivity contribution in [3.8, 4) is 0 Å². The van der Waals surface area contributed by atoms with Crippen molar-refractivity contribution in [1.29, 1.82) is 0 Å². The third kappa shape index (κ3) is 1.81. The minimum Gasteiger partial charge on any atom is -0.399 e. The highest BCUT2D eigenvalue weighted by atomic mass is 16.6. The summed E-state index contributed by atoms with van der Waals surface area (Å²) in [5.41, 5.74) is 6.41. The summed E-state index contributed by atoms with van der Waals surface area (Å²) in [6.45, 7) is 0.448. The summed E-state index contributed by atoms with van der Waals surface area (Å²) in [6.07, 6.45) is 0.296. The molecule has 6 heteroatoms. The Bertz CT molecular complexity index is 459. The molecule has 1 aliphatic rings. The summed E-state index contributed by atoms with van der Waals surface area (Å²) < 4.78 is 0. The fourth-order valence-corrected chi connectivity index (χ4v) is 1.89. The van der Waals surface area contributed by atoms with Crippen LogP contribution in [-0.4, -0.2) is 17.4 Å². The van der Waals surface area contributed by atoms with Crippen LogP contribution in [0.1, 0.15) is 17.9 Å². The maximum Gasteiger partial charge on any atom is 0.275 e. The number of rotatable bonds is 2. The number of nitrogens with one attached hydrogen (secondary N) is 1. The molecule has 1 aromatic carbocycles. The molecule has 16 heavy (non-hydrogen) atoms. The second-order valence-electron chi connectivity index (χ2n) is 3.78. The van der Waals surface area contributed by atoms with E-state index in [2.05, 4.69) is 5.32 Å². The molecule has 2 rings (SSSR count). The Morgan fingerprint density at radius 3 is 2.81 bits per heavy atom. The van der Waals surface area contributed by atoms with Gasteiger partial charge in [-0.15, -0.1) is 0 Å². The molecule has 1 aliphatic heterocycles. The van der Waals surface area contributed by atoms with Crippen LogP contribution in [0.4, 0.5) is 11.4 Å². The van der Waals surface area contributed by atoms with Gasteiger partial charge in [0.2, 0.25) is 5.91 Å². The fourth-order valence-electron chi connectivity index (χ4n) is 1.89. The molecule has 0 radical (unpaired) electrons. The lowest BCUT2D eigenvalue weighted by Crippen LogP contribution is -2.13. The van der Waals surface area contributed by atoms with Crippen molar-refractivity contribution in [2.24, 2.45) is 0 Å². The predicted octanol–water partition coefficient (Wildman–Crippen LogP) is 0.781. The van der Waals surface area contributed by atoms with Gasteiger partial charge in [0, 0.05) is 36.2 Å². The van der Waals surface area contributed by atoms with Gasteiger partial charge in [0.05, 0.1) is 4.92 Å². The average molecular weight is 221 g/mol. The van der Waals surface area contributed by atoms with E-state index in [9.17, 15) is 14.9 Å². The number of carbonyl (C=O) groups is 1. The number of anilines is 1. The van der Waals surface area contributed by atoms with E-state index in [1.807, 2.05) is 0 Å². The lowest BCUT2D eigenvalue weighted by molar-refractivity contribution is -0.385. The van der Waals surface area contributed by atoms with Gasteiger partial charge < -0.3 is 11.1 Å². The van der Waals surface area contributed by atoms with Crippen LogP contribution in [0.25, 0.3) is 0 Å². The smallest absolute Gasteiger partial charge is 0.275 e. The lowest BCUT2D eigenvalue weighted by atomic mass is 9.96. The number of nitrogens with zero attached hydrogens (tertiary/aromatic N) is 1. The number of nitrogens with two attached hydrogens (primary N) is 1. The van der Waals surface area contributed by atoms with Crippen molar-refractivity contribution in [3.63, 3.8) is 0 Å². The number of amides is 1. The van der Waals surface area contributed by atoms with Gasteiger partial charge in [-0.1, -0.05) is 0 Å². The third-order valence-corrected chi connectivity index (χ3v) is 2.67. The largest absolute Gasteiger partial charge is 0.399 e. The van der Waals surface area contributed by atoms with Crippen LogP contribution >= 0.6 is 0 Å². The number of nitro groups is 1. The van der Waals surface area contributed by atoms with Crippen LogP contribution in [0.15, 0.2) is 18.2 Å². The van der Waals surface area contributed by atoms with Gasteiger partial charge in [0.1, 0.15) is 0 Å². The van der Waals surface area contributed by atoms with Crippen LogP contribution in [0.2, 0.25) is 0 Å². The Morgan fingerprint density at radius 1 is 1.50 bits per heavy atom. The highest BCUT2D eigenvalue weighted by Crippen LogP contribution is 2.32. The summed E-state index contributed by atoms with van der Waals surface area (Å²) >= 11 is 0. The minimum absolute atomic E-state index is 0.0125. The van der Waals surface area contributed by atoms with E-state index in [0.717, 1.165) is 0 Å². The third-order valence-electron chi connectivity index (χ3n) is 2.67. The highest BCUT2D eigenvalue weighted by molar-refractivity contribution is 5.80. The van der Waals surface area contributed by atoms with Crippen molar-refractivity contribution >= 4 is 17.3 Å². The van der Waals surface area contributed by atoms with Crippen molar-refractivity contribution in [1.82, 2.24) is 5.32 Å². The Balaban J connectivity index is 2.40. The summed E-state index contributed by atoms with van der Waals surface area (Å²) in [4.78, 5) is 21.5. The molecule has 0 spiro atoms. The molecule has 0 aliphatic carbocycles. The van der Waals surface area contributed by atoms with Gasteiger partial charge in [0.25, 0.3) is 5.69 Å². The van der Waals surface area contributed by atoms with E-state index in [1.165, 1.54) is 6.07 Å². The zero-order valence-electron chi connectivity index (χ0n) is 8.47. The van der Waals surface area contributed by atoms with E-state index < -0.39 is 4.92 Å². The van der Waals surface area contributed by atoms with Crippen LogP contribution in [0, 0.1) is 10.1 Å². The molecule has 0 aromatic heterocycles. The fraction of sp³-hybridized carbons (Fsp3) is 0.300.